The van der Waals surface area contributed by atoms with Gasteiger partial charge in [0.05, 0.1) is 0 Å². The van der Waals surface area contributed by atoms with Crippen LogP contribution >= 0.6 is 0 Å². The monoisotopic (exact) mass is 520 g/mol. The molecule has 13 heteroatoms. The van der Waals surface area contributed by atoms with Crippen LogP contribution in [0.4, 0.5) is 39.5 Å². The van der Waals surface area contributed by atoms with Gasteiger partial charge in [-0.3, -0.25) is 0 Å². The van der Waals surface area contributed by atoms with E-state index in [1.807, 2.05) is 0 Å². The molecule has 0 saturated heterocycles. The maximum atomic E-state index is 13.5. The number of halogens is 9. The van der Waals surface area contributed by atoms with Crippen LogP contribution in [0, 0.1) is 0 Å². The van der Waals surface area contributed by atoms with Crippen molar-refractivity contribution in [2.45, 2.75) is 67.0 Å². The van der Waals surface area contributed by atoms with Gasteiger partial charge in [0.2, 0.25) is 0 Å². The van der Waals surface area contributed by atoms with Gasteiger partial charge >= 0.3 is 170 Å². The summed E-state index contributed by atoms with van der Waals surface area (Å²) in [7, 11) is 0. The zero-order chi connectivity index (χ0) is 23.4. The van der Waals surface area contributed by atoms with E-state index >= 15 is 0 Å². The molecule has 1 aliphatic carbocycles. The van der Waals surface area contributed by atoms with Crippen LogP contribution in [0.25, 0.3) is 0 Å². The van der Waals surface area contributed by atoms with Crippen LogP contribution < -0.4 is 0 Å². The average molecular weight is 519 g/mol. The zero-order valence-electron chi connectivity index (χ0n) is 16.3. The molecule has 0 amide bonds. The van der Waals surface area contributed by atoms with Crippen LogP contribution in [0.1, 0.15) is 46.0 Å². The minimum atomic E-state index is -8.75. The van der Waals surface area contributed by atoms with Gasteiger partial charge in [-0.1, -0.05) is 0 Å². The maximum absolute atomic E-state index is 13.5. The first-order valence-electron chi connectivity index (χ1n) is 9.17. The van der Waals surface area contributed by atoms with Gasteiger partial charge in [0.25, 0.3) is 0 Å². The molecule has 30 heavy (non-hydrogen) atoms. The fourth-order valence-electron chi connectivity index (χ4n) is 3.13. The fraction of sp³-hybridized carbons (Fsp3) is 0.765. The molecule has 0 aromatic heterocycles. The Kier molecular flexibility index (Phi) is 8.94. The summed E-state index contributed by atoms with van der Waals surface area (Å²) in [5, 5.41) is -9.14. The number of hydrogen-bond donors (Lipinski definition) is 1. The molecule has 0 atom stereocenters. The molecule has 0 aromatic rings. The van der Waals surface area contributed by atoms with Gasteiger partial charge < -0.3 is 0 Å². The molecule has 0 radical (unpaired) electrons. The molecule has 1 rings (SSSR count). The summed E-state index contributed by atoms with van der Waals surface area (Å²) in [6.07, 6.45) is 0.155. The van der Waals surface area contributed by atoms with Crippen LogP contribution in [-0.4, -0.2) is 52.6 Å². The summed E-state index contributed by atoms with van der Waals surface area (Å²) >= 11 is -8.75. The van der Waals surface area contributed by atoms with E-state index in [0.29, 0.717) is 12.8 Å². The standard InChI is InChI=1S/C17H23F9GeO3/c1-3-10-29-14(28,30-11-4-2)9-8-12-6-5-7-13(12)27(15(18,19)20,16(21,22)23)17(24,25)26/h5,7,28H,3-4,6,8-11H2,1-2H3. The van der Waals surface area contributed by atoms with Crippen molar-refractivity contribution in [3.63, 3.8) is 0 Å². The first kappa shape index (κ1) is 27.3. The van der Waals surface area contributed by atoms with Crippen LogP contribution in [0.3, 0.4) is 0 Å². The Balaban J connectivity index is 3.42. The molecule has 0 spiro atoms. The zero-order valence-corrected chi connectivity index (χ0v) is 18.4. The predicted octanol–water partition coefficient (Wildman–Crippen LogP) is 5.81. The normalized spacial score (nSPS) is 16.7. The van der Waals surface area contributed by atoms with Gasteiger partial charge in [-0.25, -0.2) is 0 Å². The van der Waals surface area contributed by atoms with Crippen LogP contribution in [0.5, 0.6) is 0 Å². The molecular weight excluding hydrogens is 496 g/mol. The summed E-state index contributed by atoms with van der Waals surface area (Å²) in [4.78, 5) is 0. The van der Waals surface area contributed by atoms with Crippen molar-refractivity contribution < 1.29 is 54.1 Å². The molecule has 176 valence electrons. The van der Waals surface area contributed by atoms with Crippen molar-refractivity contribution in [3.05, 3.63) is 22.1 Å². The van der Waals surface area contributed by atoms with Gasteiger partial charge in [0, 0.05) is 0 Å². The summed E-state index contributed by atoms with van der Waals surface area (Å²) < 4.78 is 130. The van der Waals surface area contributed by atoms with Gasteiger partial charge in [-0.15, -0.1) is 0 Å². The van der Waals surface area contributed by atoms with Gasteiger partial charge in [-0.2, -0.15) is 0 Å². The number of alkyl halides is 9. The molecule has 3 nitrogen and oxygen atoms in total. The van der Waals surface area contributed by atoms with E-state index in [4.69, 9.17) is 9.47 Å². The first-order chi connectivity index (χ1) is 13.6. The van der Waals surface area contributed by atoms with E-state index < -0.39 is 63.5 Å². The Morgan fingerprint density at radius 1 is 0.867 bits per heavy atom. The van der Waals surface area contributed by atoms with Crippen molar-refractivity contribution in [3.8, 4) is 0 Å². The Morgan fingerprint density at radius 3 is 1.67 bits per heavy atom. The molecule has 0 fully saturated rings. The third kappa shape index (κ3) is 5.54. The van der Waals surface area contributed by atoms with Gasteiger partial charge in [-0.05, 0) is 0 Å². The molecular formula is C17H23F9GeO3. The second kappa shape index (κ2) is 9.82. The van der Waals surface area contributed by atoms with Crippen molar-refractivity contribution >= 4 is 13.3 Å². The third-order valence-electron chi connectivity index (χ3n) is 4.52. The Morgan fingerprint density at radius 2 is 1.30 bits per heavy atom. The van der Waals surface area contributed by atoms with E-state index in [9.17, 15) is 44.6 Å². The van der Waals surface area contributed by atoms with E-state index in [2.05, 4.69) is 0 Å². The Labute approximate surface area is 170 Å². The van der Waals surface area contributed by atoms with Crippen molar-refractivity contribution in [2.24, 2.45) is 0 Å². The second-order valence-electron chi connectivity index (χ2n) is 6.78. The summed E-state index contributed by atoms with van der Waals surface area (Å²) in [5.41, 5.74) is -0.666. The molecule has 0 unspecified atom stereocenters. The second-order valence-corrected chi connectivity index (χ2v) is 14.6. The van der Waals surface area contributed by atoms with E-state index in [1.165, 1.54) is 0 Å². The fourth-order valence-corrected chi connectivity index (χ4v) is 9.44. The third-order valence-corrected chi connectivity index (χ3v) is 12.7. The van der Waals surface area contributed by atoms with Crippen LogP contribution in [0.15, 0.2) is 22.1 Å². The molecule has 0 bridgehead atoms. The summed E-state index contributed by atoms with van der Waals surface area (Å²) in [5.74, 6) is -2.32. The van der Waals surface area contributed by atoms with Crippen molar-refractivity contribution in [2.75, 3.05) is 13.2 Å². The number of hydrogen-bond acceptors (Lipinski definition) is 3. The van der Waals surface area contributed by atoms with Gasteiger partial charge in [0.15, 0.2) is 0 Å². The summed E-state index contributed by atoms with van der Waals surface area (Å²) in [6, 6.07) is 0. The molecule has 0 saturated carbocycles. The summed E-state index contributed by atoms with van der Waals surface area (Å²) in [6.45, 7) is 3.30. The molecule has 1 N–H and O–H groups in total. The Bertz CT molecular complexity index is 592. The minimum absolute atomic E-state index is 0.0280. The molecule has 0 aliphatic heterocycles. The van der Waals surface area contributed by atoms with E-state index in [1.54, 1.807) is 13.8 Å². The average Bonchev–Trinajstić information content (AvgIpc) is 3.01. The number of ether oxygens (including phenoxy) is 2. The number of allylic oxidation sites excluding steroid dienone is 4. The SMILES string of the molecule is CCCOC(O)(CCC1=[C]([Ge]([C](F)(F)F)([C](F)(F)F)[C](F)(F)F)C=CC1)OCCC. The molecule has 1 aliphatic rings. The van der Waals surface area contributed by atoms with Crippen LogP contribution in [0.2, 0.25) is 0 Å². The molecule has 0 aromatic carbocycles. The predicted molar refractivity (Wildman–Crippen MR) is 91.4 cm³/mol. The van der Waals surface area contributed by atoms with Gasteiger partial charge in [0.1, 0.15) is 0 Å². The molecule has 0 heterocycles. The Hall–Kier alpha value is -0.727. The topological polar surface area (TPSA) is 38.7 Å². The quantitative estimate of drug-likeness (QED) is 0.225. The number of rotatable bonds is 10. The van der Waals surface area contributed by atoms with Crippen LogP contribution in [-0.2, 0) is 9.47 Å². The van der Waals surface area contributed by atoms with E-state index in [-0.39, 0.29) is 19.3 Å². The van der Waals surface area contributed by atoms with Crippen molar-refractivity contribution in [1.29, 1.82) is 0 Å². The number of aliphatic hydroxyl groups is 1. The van der Waals surface area contributed by atoms with E-state index in [0.717, 1.165) is 6.08 Å². The first-order valence-corrected chi connectivity index (χ1v) is 13.4. The van der Waals surface area contributed by atoms with Crippen molar-refractivity contribution in [1.82, 2.24) is 0 Å².